The van der Waals surface area contributed by atoms with Crippen LogP contribution in [0.25, 0.3) is 0 Å². The largest absolute Gasteiger partial charge is 0.569 e. The van der Waals surface area contributed by atoms with E-state index in [2.05, 4.69) is 29.5 Å². The Morgan fingerprint density at radius 3 is 2.27 bits per heavy atom. The van der Waals surface area contributed by atoms with E-state index in [4.69, 9.17) is 4.84 Å². The summed E-state index contributed by atoms with van der Waals surface area (Å²) in [4.78, 5) is 5.99. The third kappa shape index (κ3) is 4.36. The van der Waals surface area contributed by atoms with Crippen LogP contribution >= 0.6 is 0 Å². The standard InChI is InChI=1S/C17H27N3O2/c1-17(2,3)19(4)20(21)18-22-16-12-10-15(11-13-16)14-8-6-5-7-9-14/h5-9,15-16H,10-13H2,1-4H3/b20-18-/t15-,16+. The van der Waals surface area contributed by atoms with Crippen molar-refractivity contribution in [3.05, 3.63) is 41.1 Å². The molecule has 0 amide bonds. The minimum Gasteiger partial charge on any atom is -0.569 e. The molecule has 0 saturated heterocycles. The molecule has 1 fully saturated rings. The molecule has 0 aliphatic heterocycles. The first kappa shape index (κ1) is 16.6. The van der Waals surface area contributed by atoms with Crippen molar-refractivity contribution >= 4 is 0 Å². The Labute approximate surface area is 133 Å². The zero-order chi connectivity index (χ0) is 16.2. The van der Waals surface area contributed by atoms with Crippen LogP contribution in [0.1, 0.15) is 57.9 Å². The Morgan fingerprint density at radius 2 is 1.73 bits per heavy atom. The summed E-state index contributed by atoms with van der Waals surface area (Å²) in [5.74, 6) is 0.599. The highest BCUT2D eigenvalue weighted by Gasteiger charge is 2.26. The monoisotopic (exact) mass is 305 g/mol. The van der Waals surface area contributed by atoms with E-state index in [9.17, 15) is 5.21 Å². The molecule has 0 spiro atoms. The summed E-state index contributed by atoms with van der Waals surface area (Å²) in [5.41, 5.74) is 1.12. The predicted octanol–water partition coefficient (Wildman–Crippen LogP) is 4.25. The molecule has 0 N–H and O–H groups in total. The van der Waals surface area contributed by atoms with Gasteiger partial charge in [0.2, 0.25) is 5.28 Å². The molecule has 0 radical (unpaired) electrons. The topological polar surface area (TPSA) is 50.9 Å². The van der Waals surface area contributed by atoms with E-state index in [1.807, 2.05) is 26.8 Å². The fourth-order valence-electron chi connectivity index (χ4n) is 2.65. The molecule has 1 aromatic rings. The van der Waals surface area contributed by atoms with Gasteiger partial charge in [0.25, 0.3) is 0 Å². The summed E-state index contributed by atoms with van der Waals surface area (Å²) in [6.45, 7) is 5.87. The van der Waals surface area contributed by atoms with Crippen LogP contribution in [-0.2, 0) is 4.84 Å². The second kappa shape index (κ2) is 6.99. The molecule has 22 heavy (non-hydrogen) atoms. The normalized spacial score (nSPS) is 23.2. The van der Waals surface area contributed by atoms with Crippen LogP contribution in [0.3, 0.4) is 0 Å². The number of nitrogens with zero attached hydrogens (tertiary/aromatic N) is 3. The Bertz CT molecular complexity index is 488. The van der Waals surface area contributed by atoms with Gasteiger partial charge in [0.05, 0.1) is 17.6 Å². The van der Waals surface area contributed by atoms with Crippen LogP contribution in [0.4, 0.5) is 0 Å². The number of benzene rings is 1. The number of hydrogen-bond acceptors (Lipinski definition) is 3. The van der Waals surface area contributed by atoms with Gasteiger partial charge < -0.3 is 10.0 Å². The van der Waals surface area contributed by atoms with Gasteiger partial charge in [-0.15, -0.1) is 5.01 Å². The van der Waals surface area contributed by atoms with Crippen molar-refractivity contribution in [3.63, 3.8) is 0 Å². The quantitative estimate of drug-likeness (QED) is 0.474. The van der Waals surface area contributed by atoms with E-state index in [-0.39, 0.29) is 11.6 Å². The first-order valence-electron chi connectivity index (χ1n) is 8.00. The molecule has 2 rings (SSSR count). The highest BCUT2D eigenvalue weighted by Crippen LogP contribution is 2.33. The third-order valence-electron chi connectivity index (χ3n) is 4.44. The van der Waals surface area contributed by atoms with Crippen LogP contribution in [0.15, 0.2) is 35.6 Å². The first-order valence-corrected chi connectivity index (χ1v) is 8.00. The van der Waals surface area contributed by atoms with Gasteiger partial charge in [0.15, 0.2) is 0 Å². The number of rotatable bonds is 4. The maximum atomic E-state index is 11.9. The van der Waals surface area contributed by atoms with Gasteiger partial charge in [-0.2, -0.15) is 0 Å². The van der Waals surface area contributed by atoms with Crippen LogP contribution in [0.5, 0.6) is 0 Å². The van der Waals surface area contributed by atoms with Crippen molar-refractivity contribution in [1.29, 1.82) is 0 Å². The summed E-state index contributed by atoms with van der Waals surface area (Å²) < 4.78 is 0. The SMILES string of the molecule is CN(/[N+]([O-])=N/O[C@H]1CC[C@@H](c2ccccc2)CC1)C(C)(C)C. The summed E-state index contributed by atoms with van der Waals surface area (Å²) in [6.07, 6.45) is 4.09. The smallest absolute Gasteiger partial charge is 0.233 e. The van der Waals surface area contributed by atoms with E-state index < -0.39 is 0 Å². The molecule has 0 unspecified atom stereocenters. The van der Waals surface area contributed by atoms with E-state index >= 15 is 0 Å². The minimum absolute atomic E-state index is 0.0461. The molecular formula is C17H27N3O2. The maximum absolute atomic E-state index is 11.9. The molecule has 1 saturated carbocycles. The van der Waals surface area contributed by atoms with Gasteiger partial charge in [-0.25, -0.2) is 0 Å². The maximum Gasteiger partial charge on any atom is 0.233 e. The van der Waals surface area contributed by atoms with Gasteiger partial charge in [0, 0.05) is 0 Å². The lowest BCUT2D eigenvalue weighted by molar-refractivity contribution is -0.720. The van der Waals surface area contributed by atoms with E-state index in [0.29, 0.717) is 10.9 Å². The molecule has 1 aliphatic carbocycles. The molecule has 5 heteroatoms. The van der Waals surface area contributed by atoms with Crippen LogP contribution in [0, 0.1) is 5.21 Å². The molecule has 1 aliphatic rings. The van der Waals surface area contributed by atoms with Crippen molar-refractivity contribution in [2.24, 2.45) is 5.28 Å². The number of hydrazine groups is 1. The van der Waals surface area contributed by atoms with Crippen LogP contribution in [-0.4, -0.2) is 28.7 Å². The van der Waals surface area contributed by atoms with Gasteiger partial charge in [-0.05, 0) is 57.9 Å². The zero-order valence-electron chi connectivity index (χ0n) is 14.0. The molecule has 0 aromatic heterocycles. The highest BCUT2D eigenvalue weighted by atomic mass is 16.7. The average Bonchev–Trinajstić information content (AvgIpc) is 2.52. The van der Waals surface area contributed by atoms with E-state index in [0.717, 1.165) is 25.7 Å². The lowest BCUT2D eigenvalue weighted by Gasteiger charge is -2.28. The Kier molecular flexibility index (Phi) is 5.27. The second-order valence-corrected chi connectivity index (χ2v) is 7.02. The molecule has 0 heterocycles. The lowest BCUT2D eigenvalue weighted by Crippen LogP contribution is -2.42. The van der Waals surface area contributed by atoms with Crippen molar-refractivity contribution in [2.75, 3.05) is 7.05 Å². The second-order valence-electron chi connectivity index (χ2n) is 7.02. The summed E-state index contributed by atoms with van der Waals surface area (Å²) in [5, 5.41) is 17.1. The Morgan fingerprint density at radius 1 is 1.14 bits per heavy atom. The van der Waals surface area contributed by atoms with E-state index in [1.165, 1.54) is 10.6 Å². The molecule has 0 atom stereocenters. The van der Waals surface area contributed by atoms with Gasteiger partial charge in [-0.1, -0.05) is 30.3 Å². The fourth-order valence-corrected chi connectivity index (χ4v) is 2.65. The van der Waals surface area contributed by atoms with E-state index in [1.54, 1.807) is 7.05 Å². The van der Waals surface area contributed by atoms with Gasteiger partial charge in [0.1, 0.15) is 6.10 Å². The average molecular weight is 305 g/mol. The number of hydrogen-bond donors (Lipinski definition) is 0. The van der Waals surface area contributed by atoms with Crippen molar-refractivity contribution in [1.82, 2.24) is 5.01 Å². The Hall–Kier alpha value is -1.78. The molecule has 1 aromatic carbocycles. The summed E-state index contributed by atoms with van der Waals surface area (Å²) in [7, 11) is 1.71. The molecule has 5 nitrogen and oxygen atoms in total. The highest BCUT2D eigenvalue weighted by molar-refractivity contribution is 5.19. The van der Waals surface area contributed by atoms with Crippen molar-refractivity contribution in [2.45, 2.75) is 64.0 Å². The van der Waals surface area contributed by atoms with Crippen molar-refractivity contribution in [3.8, 4) is 0 Å². The summed E-state index contributed by atoms with van der Waals surface area (Å²) in [6, 6.07) is 10.6. The zero-order valence-corrected chi connectivity index (χ0v) is 14.0. The van der Waals surface area contributed by atoms with Crippen LogP contribution < -0.4 is 0 Å². The minimum atomic E-state index is -0.278. The molecule has 122 valence electrons. The third-order valence-corrected chi connectivity index (χ3v) is 4.44. The van der Waals surface area contributed by atoms with Crippen molar-refractivity contribution < 1.29 is 9.81 Å². The van der Waals surface area contributed by atoms with Crippen LogP contribution in [0.2, 0.25) is 0 Å². The van der Waals surface area contributed by atoms with Gasteiger partial charge in [-0.3, -0.25) is 0 Å². The lowest BCUT2D eigenvalue weighted by atomic mass is 9.83. The molecular weight excluding hydrogens is 278 g/mol. The first-order chi connectivity index (χ1) is 10.4. The molecule has 0 bridgehead atoms. The summed E-state index contributed by atoms with van der Waals surface area (Å²) >= 11 is 0. The fraction of sp³-hybridized carbons (Fsp3) is 0.647. The Balaban J connectivity index is 1.83. The predicted molar refractivity (Wildman–Crippen MR) is 86.1 cm³/mol. The van der Waals surface area contributed by atoms with Gasteiger partial charge >= 0.3 is 0 Å².